The molecular formula is C8H9F2N3O. The van der Waals surface area contributed by atoms with Crippen LogP contribution in [0.5, 0.6) is 0 Å². The van der Waals surface area contributed by atoms with Crippen molar-refractivity contribution >= 4 is 5.91 Å². The van der Waals surface area contributed by atoms with Gasteiger partial charge in [-0.2, -0.15) is 0 Å². The zero-order valence-corrected chi connectivity index (χ0v) is 7.21. The molecule has 0 saturated heterocycles. The van der Waals surface area contributed by atoms with Gasteiger partial charge in [0.25, 0.3) is 12.3 Å². The lowest BCUT2D eigenvalue weighted by atomic mass is 10.1. The Labute approximate surface area is 78.9 Å². The highest BCUT2D eigenvalue weighted by Gasteiger charge is 2.14. The van der Waals surface area contributed by atoms with Gasteiger partial charge in [0.2, 0.25) is 0 Å². The average molecular weight is 201 g/mol. The molecule has 0 unspecified atom stereocenters. The standard InChI is InChI=1S/C8H9F2N3O/c9-7(10)5-3-13-6(8(12)14)1-4(5)2-11/h1,3,7H,2,11H2,(H2,12,14). The van der Waals surface area contributed by atoms with Gasteiger partial charge in [0.05, 0.1) is 0 Å². The van der Waals surface area contributed by atoms with Crippen molar-refractivity contribution in [2.75, 3.05) is 0 Å². The van der Waals surface area contributed by atoms with Gasteiger partial charge in [-0.25, -0.2) is 8.78 Å². The second-order valence-electron chi connectivity index (χ2n) is 2.64. The Bertz CT molecular complexity index is 354. The van der Waals surface area contributed by atoms with E-state index in [1.54, 1.807) is 0 Å². The number of primary amides is 1. The van der Waals surface area contributed by atoms with Crippen LogP contribution in [0.15, 0.2) is 12.3 Å². The Kier molecular flexibility index (Phi) is 3.08. The molecule has 0 fully saturated rings. The van der Waals surface area contributed by atoms with Crippen molar-refractivity contribution in [3.05, 3.63) is 29.1 Å². The molecule has 1 aromatic rings. The van der Waals surface area contributed by atoms with Crippen LogP contribution in [0, 0.1) is 0 Å². The molecule has 1 amide bonds. The lowest BCUT2D eigenvalue weighted by molar-refractivity contribution is 0.0994. The molecule has 0 spiro atoms. The highest BCUT2D eigenvalue weighted by molar-refractivity contribution is 5.90. The Hall–Kier alpha value is -1.56. The molecule has 0 aromatic carbocycles. The fourth-order valence-corrected chi connectivity index (χ4v) is 1.02. The summed E-state index contributed by atoms with van der Waals surface area (Å²) in [6.45, 7) is -0.0809. The van der Waals surface area contributed by atoms with Crippen LogP contribution in [0.25, 0.3) is 0 Å². The van der Waals surface area contributed by atoms with Crippen LogP contribution in [-0.2, 0) is 6.54 Å². The van der Waals surface area contributed by atoms with Crippen LogP contribution in [0.4, 0.5) is 8.78 Å². The zero-order chi connectivity index (χ0) is 10.7. The molecule has 0 aliphatic heterocycles. The molecule has 4 N–H and O–H groups in total. The third kappa shape index (κ3) is 2.02. The number of rotatable bonds is 3. The molecule has 76 valence electrons. The summed E-state index contributed by atoms with van der Waals surface area (Å²) in [4.78, 5) is 14.2. The van der Waals surface area contributed by atoms with Crippen molar-refractivity contribution in [1.29, 1.82) is 0 Å². The van der Waals surface area contributed by atoms with Gasteiger partial charge >= 0.3 is 0 Å². The summed E-state index contributed by atoms with van der Waals surface area (Å²) >= 11 is 0. The fourth-order valence-electron chi connectivity index (χ4n) is 1.02. The molecule has 0 aliphatic carbocycles. The van der Waals surface area contributed by atoms with E-state index in [0.29, 0.717) is 0 Å². The number of hydrogen-bond acceptors (Lipinski definition) is 3. The number of nitrogens with two attached hydrogens (primary N) is 2. The van der Waals surface area contributed by atoms with Gasteiger partial charge in [0.1, 0.15) is 5.69 Å². The van der Waals surface area contributed by atoms with Crippen molar-refractivity contribution in [2.45, 2.75) is 13.0 Å². The largest absolute Gasteiger partial charge is 0.364 e. The summed E-state index contributed by atoms with van der Waals surface area (Å²) in [5.74, 6) is -0.763. The molecule has 6 heteroatoms. The molecule has 0 atom stereocenters. The number of halogens is 2. The topological polar surface area (TPSA) is 82.0 Å². The highest BCUT2D eigenvalue weighted by atomic mass is 19.3. The minimum Gasteiger partial charge on any atom is -0.364 e. The number of pyridine rings is 1. The monoisotopic (exact) mass is 201 g/mol. The van der Waals surface area contributed by atoms with Crippen LogP contribution in [0.2, 0.25) is 0 Å². The summed E-state index contributed by atoms with van der Waals surface area (Å²) in [7, 11) is 0. The minimum absolute atomic E-state index is 0.0603. The molecule has 0 radical (unpaired) electrons. The van der Waals surface area contributed by atoms with Crippen molar-refractivity contribution < 1.29 is 13.6 Å². The fraction of sp³-hybridized carbons (Fsp3) is 0.250. The van der Waals surface area contributed by atoms with Crippen molar-refractivity contribution in [3.63, 3.8) is 0 Å². The quantitative estimate of drug-likeness (QED) is 0.750. The van der Waals surface area contributed by atoms with Gasteiger partial charge in [0, 0.05) is 18.3 Å². The minimum atomic E-state index is -2.65. The van der Waals surface area contributed by atoms with Crippen LogP contribution >= 0.6 is 0 Å². The first-order valence-electron chi connectivity index (χ1n) is 3.83. The molecule has 4 nitrogen and oxygen atoms in total. The molecule has 0 saturated carbocycles. The first-order valence-corrected chi connectivity index (χ1v) is 3.83. The number of amides is 1. The van der Waals surface area contributed by atoms with E-state index in [-0.39, 0.29) is 23.4 Å². The van der Waals surface area contributed by atoms with Crippen LogP contribution in [-0.4, -0.2) is 10.9 Å². The molecule has 0 aliphatic rings. The number of alkyl halides is 2. The maximum atomic E-state index is 12.3. The Morgan fingerprint density at radius 3 is 2.64 bits per heavy atom. The van der Waals surface area contributed by atoms with E-state index in [4.69, 9.17) is 11.5 Å². The number of nitrogens with zero attached hydrogens (tertiary/aromatic N) is 1. The number of hydrogen-bond donors (Lipinski definition) is 2. The molecule has 0 bridgehead atoms. The Balaban J connectivity index is 3.18. The molecular weight excluding hydrogens is 192 g/mol. The van der Waals surface area contributed by atoms with Crippen molar-refractivity contribution in [3.8, 4) is 0 Å². The van der Waals surface area contributed by atoms with Gasteiger partial charge in [-0.3, -0.25) is 9.78 Å². The average Bonchev–Trinajstić information content (AvgIpc) is 2.16. The predicted octanol–water partition coefficient (Wildman–Crippen LogP) is 0.577. The zero-order valence-electron chi connectivity index (χ0n) is 7.21. The van der Waals surface area contributed by atoms with E-state index < -0.39 is 12.3 Å². The van der Waals surface area contributed by atoms with Gasteiger partial charge < -0.3 is 11.5 Å². The second kappa shape index (κ2) is 4.10. The van der Waals surface area contributed by atoms with Gasteiger partial charge in [0.15, 0.2) is 0 Å². The first kappa shape index (κ1) is 10.5. The van der Waals surface area contributed by atoms with E-state index in [2.05, 4.69) is 4.98 Å². The highest BCUT2D eigenvalue weighted by Crippen LogP contribution is 2.22. The van der Waals surface area contributed by atoms with Crippen LogP contribution in [0.3, 0.4) is 0 Å². The molecule has 1 heterocycles. The normalized spacial score (nSPS) is 10.6. The lowest BCUT2D eigenvalue weighted by Gasteiger charge is -2.06. The predicted molar refractivity (Wildman–Crippen MR) is 45.6 cm³/mol. The first-order chi connectivity index (χ1) is 6.56. The van der Waals surface area contributed by atoms with Crippen LogP contribution < -0.4 is 11.5 Å². The van der Waals surface area contributed by atoms with Crippen molar-refractivity contribution in [2.24, 2.45) is 11.5 Å². The van der Waals surface area contributed by atoms with Crippen molar-refractivity contribution in [1.82, 2.24) is 4.98 Å². The maximum absolute atomic E-state index is 12.3. The maximum Gasteiger partial charge on any atom is 0.267 e. The van der Waals surface area contributed by atoms with Crippen LogP contribution in [0.1, 0.15) is 28.0 Å². The number of carbonyl (C=O) groups excluding carboxylic acids is 1. The van der Waals surface area contributed by atoms with E-state index in [9.17, 15) is 13.6 Å². The summed E-state index contributed by atoms with van der Waals surface area (Å²) in [5.41, 5.74) is 10.0. The second-order valence-corrected chi connectivity index (χ2v) is 2.64. The van der Waals surface area contributed by atoms with E-state index in [1.165, 1.54) is 6.07 Å². The van der Waals surface area contributed by atoms with E-state index in [0.717, 1.165) is 6.20 Å². The van der Waals surface area contributed by atoms with E-state index >= 15 is 0 Å². The summed E-state index contributed by atoms with van der Waals surface area (Å²) in [5, 5.41) is 0. The Morgan fingerprint density at radius 2 is 2.21 bits per heavy atom. The molecule has 1 rings (SSSR count). The van der Waals surface area contributed by atoms with E-state index in [1.807, 2.05) is 0 Å². The van der Waals surface area contributed by atoms with Gasteiger partial charge in [-0.15, -0.1) is 0 Å². The third-order valence-corrected chi connectivity index (χ3v) is 1.73. The molecule has 14 heavy (non-hydrogen) atoms. The SMILES string of the molecule is NCc1cc(C(N)=O)ncc1C(F)F. The summed E-state index contributed by atoms with van der Waals surface area (Å²) in [6.07, 6.45) is -1.73. The summed E-state index contributed by atoms with van der Waals surface area (Å²) < 4.78 is 24.7. The lowest BCUT2D eigenvalue weighted by Crippen LogP contribution is -2.15. The Morgan fingerprint density at radius 1 is 1.57 bits per heavy atom. The van der Waals surface area contributed by atoms with Gasteiger partial charge in [-0.05, 0) is 11.6 Å². The van der Waals surface area contributed by atoms with Gasteiger partial charge in [-0.1, -0.05) is 0 Å². The molecule has 1 aromatic heterocycles. The third-order valence-electron chi connectivity index (χ3n) is 1.73. The summed E-state index contributed by atoms with van der Waals surface area (Å²) in [6, 6.07) is 1.18. The smallest absolute Gasteiger partial charge is 0.267 e. The number of aromatic nitrogens is 1. The number of carbonyl (C=O) groups is 1.